The van der Waals surface area contributed by atoms with Crippen molar-refractivity contribution in [3.8, 4) is 0 Å². The Bertz CT molecular complexity index is 780. The summed E-state index contributed by atoms with van der Waals surface area (Å²) in [6, 6.07) is 1.97. The van der Waals surface area contributed by atoms with Gasteiger partial charge in [0.1, 0.15) is 17.5 Å². The zero-order valence-corrected chi connectivity index (χ0v) is 16.6. The van der Waals surface area contributed by atoms with Crippen molar-refractivity contribution in [3.63, 3.8) is 0 Å². The van der Waals surface area contributed by atoms with E-state index in [1.165, 1.54) is 25.9 Å². The number of hydrogen-bond donors (Lipinski definition) is 1. The third-order valence-electron chi connectivity index (χ3n) is 5.73. The van der Waals surface area contributed by atoms with E-state index < -0.39 is 0 Å². The number of aromatic nitrogens is 5. The summed E-state index contributed by atoms with van der Waals surface area (Å²) in [5, 5.41) is 12.2. The molecule has 0 aliphatic carbocycles. The van der Waals surface area contributed by atoms with Gasteiger partial charge in [0, 0.05) is 44.9 Å². The Labute approximate surface area is 161 Å². The van der Waals surface area contributed by atoms with Crippen LogP contribution in [-0.4, -0.2) is 62.9 Å². The van der Waals surface area contributed by atoms with E-state index in [0.717, 1.165) is 61.6 Å². The lowest BCUT2D eigenvalue weighted by atomic mass is 9.97. The van der Waals surface area contributed by atoms with Crippen LogP contribution in [0.25, 0.3) is 0 Å². The predicted octanol–water partition coefficient (Wildman–Crippen LogP) is 1.94. The first-order chi connectivity index (χ1) is 13.1. The third-order valence-corrected chi connectivity index (χ3v) is 5.73. The van der Waals surface area contributed by atoms with Crippen molar-refractivity contribution in [1.82, 2.24) is 29.6 Å². The van der Waals surface area contributed by atoms with Crippen LogP contribution in [0.1, 0.15) is 48.9 Å². The van der Waals surface area contributed by atoms with E-state index in [1.807, 2.05) is 20.0 Å². The molecular weight excluding hydrogens is 340 g/mol. The summed E-state index contributed by atoms with van der Waals surface area (Å²) in [6.07, 6.45) is 4.85. The summed E-state index contributed by atoms with van der Waals surface area (Å²) in [5.74, 6) is 4.21. The molecule has 2 aliphatic rings. The minimum Gasteiger partial charge on any atom is -0.373 e. The summed E-state index contributed by atoms with van der Waals surface area (Å²) in [4.78, 5) is 14.1. The van der Waals surface area contributed by atoms with Gasteiger partial charge in [0.15, 0.2) is 0 Å². The van der Waals surface area contributed by atoms with Crippen LogP contribution in [0, 0.1) is 6.92 Å². The van der Waals surface area contributed by atoms with E-state index >= 15 is 0 Å². The Balaban J connectivity index is 1.50. The first kappa shape index (κ1) is 18.2. The van der Waals surface area contributed by atoms with Crippen LogP contribution in [0.15, 0.2) is 6.07 Å². The van der Waals surface area contributed by atoms with Crippen molar-refractivity contribution in [2.75, 3.05) is 43.4 Å². The average molecular weight is 371 g/mol. The second-order valence-corrected chi connectivity index (χ2v) is 7.75. The molecule has 4 rings (SSSR count). The lowest BCUT2D eigenvalue weighted by Crippen LogP contribution is -2.36. The van der Waals surface area contributed by atoms with Gasteiger partial charge in [0.2, 0.25) is 5.95 Å². The van der Waals surface area contributed by atoms with Crippen molar-refractivity contribution in [2.45, 2.75) is 45.1 Å². The quantitative estimate of drug-likeness (QED) is 0.862. The molecular formula is C19H30N8. The zero-order chi connectivity index (χ0) is 18.8. The monoisotopic (exact) mass is 370 g/mol. The van der Waals surface area contributed by atoms with Gasteiger partial charge >= 0.3 is 0 Å². The number of aryl methyl sites for hydroxylation is 1. The van der Waals surface area contributed by atoms with Gasteiger partial charge in [0.25, 0.3) is 0 Å². The van der Waals surface area contributed by atoms with Gasteiger partial charge in [-0.2, -0.15) is 4.98 Å². The Morgan fingerprint density at radius 2 is 1.93 bits per heavy atom. The minimum absolute atomic E-state index is 0.366. The van der Waals surface area contributed by atoms with E-state index in [4.69, 9.17) is 0 Å². The zero-order valence-electron chi connectivity index (χ0n) is 16.6. The number of hydrogen-bond acceptors (Lipinski definition) is 7. The largest absolute Gasteiger partial charge is 0.373 e. The number of anilines is 2. The van der Waals surface area contributed by atoms with Crippen LogP contribution in [0.3, 0.4) is 0 Å². The average Bonchev–Trinajstić information content (AvgIpc) is 3.32. The fraction of sp³-hybridized carbons (Fsp3) is 0.684. The summed E-state index contributed by atoms with van der Waals surface area (Å²) in [6.45, 7) is 7.16. The maximum atomic E-state index is 4.65. The molecule has 0 unspecified atom stereocenters. The van der Waals surface area contributed by atoms with Gasteiger partial charge in [-0.15, -0.1) is 10.2 Å². The molecule has 0 amide bonds. The van der Waals surface area contributed by atoms with Crippen LogP contribution in [0.4, 0.5) is 11.8 Å². The van der Waals surface area contributed by atoms with Crippen molar-refractivity contribution in [3.05, 3.63) is 23.4 Å². The molecule has 0 radical (unpaired) electrons. The summed E-state index contributed by atoms with van der Waals surface area (Å²) < 4.78 is 2.21. The van der Waals surface area contributed by atoms with E-state index in [9.17, 15) is 0 Å². The molecule has 0 spiro atoms. The highest BCUT2D eigenvalue weighted by molar-refractivity contribution is 5.43. The molecule has 2 saturated heterocycles. The van der Waals surface area contributed by atoms with Gasteiger partial charge in [0.05, 0.1) is 6.54 Å². The second-order valence-electron chi connectivity index (χ2n) is 7.75. The standard InChI is InChI=1S/C19H30N8/c1-14-11-16(20-2)22-19(21-14)27-10-6-7-15(12-27)18-24-23-17(25(18)3)13-26-8-4-5-9-26/h11,15H,4-10,12-13H2,1-3H3,(H,20,21,22)/t15-/m0/s1. The third kappa shape index (κ3) is 3.90. The van der Waals surface area contributed by atoms with E-state index in [0.29, 0.717) is 5.92 Å². The van der Waals surface area contributed by atoms with E-state index in [1.54, 1.807) is 0 Å². The summed E-state index contributed by atoms with van der Waals surface area (Å²) in [5.41, 5.74) is 0.984. The SMILES string of the molecule is CNc1cc(C)nc(N2CCC[C@H](c3nnc(CN4CCCC4)n3C)C2)n1. The van der Waals surface area contributed by atoms with E-state index in [-0.39, 0.29) is 0 Å². The molecule has 146 valence electrons. The maximum absolute atomic E-state index is 4.65. The smallest absolute Gasteiger partial charge is 0.227 e. The topological polar surface area (TPSA) is 75.0 Å². The van der Waals surface area contributed by atoms with Gasteiger partial charge in [-0.05, 0) is 45.7 Å². The van der Waals surface area contributed by atoms with Crippen LogP contribution in [0.2, 0.25) is 0 Å². The van der Waals surface area contributed by atoms with Crippen LogP contribution < -0.4 is 10.2 Å². The summed E-state index contributed by atoms with van der Waals surface area (Å²) >= 11 is 0. The van der Waals surface area contributed by atoms with Gasteiger partial charge in [-0.3, -0.25) is 4.90 Å². The number of rotatable bonds is 5. The lowest BCUT2D eigenvalue weighted by Gasteiger charge is -2.32. The highest BCUT2D eigenvalue weighted by Crippen LogP contribution is 2.28. The molecule has 2 fully saturated rings. The van der Waals surface area contributed by atoms with Gasteiger partial charge < -0.3 is 14.8 Å². The molecule has 4 heterocycles. The van der Waals surface area contributed by atoms with Gasteiger partial charge in [-0.1, -0.05) is 0 Å². The highest BCUT2D eigenvalue weighted by Gasteiger charge is 2.28. The Morgan fingerprint density at radius 1 is 1.11 bits per heavy atom. The highest BCUT2D eigenvalue weighted by atomic mass is 15.3. The van der Waals surface area contributed by atoms with E-state index in [2.05, 4.69) is 46.9 Å². The second kappa shape index (κ2) is 7.80. The van der Waals surface area contributed by atoms with Crippen molar-refractivity contribution < 1.29 is 0 Å². The minimum atomic E-state index is 0.366. The Morgan fingerprint density at radius 3 is 2.70 bits per heavy atom. The predicted molar refractivity (Wildman–Crippen MR) is 106 cm³/mol. The molecule has 0 saturated carbocycles. The molecule has 2 aromatic rings. The number of nitrogens with zero attached hydrogens (tertiary/aromatic N) is 7. The van der Waals surface area contributed by atoms with Crippen LogP contribution in [-0.2, 0) is 13.6 Å². The van der Waals surface area contributed by atoms with Crippen molar-refractivity contribution in [1.29, 1.82) is 0 Å². The normalized spacial score (nSPS) is 21.0. The first-order valence-corrected chi connectivity index (χ1v) is 10.0. The molecule has 27 heavy (non-hydrogen) atoms. The molecule has 2 aliphatic heterocycles. The van der Waals surface area contributed by atoms with Crippen molar-refractivity contribution >= 4 is 11.8 Å². The fourth-order valence-corrected chi connectivity index (χ4v) is 4.20. The molecule has 2 aromatic heterocycles. The fourth-order valence-electron chi connectivity index (χ4n) is 4.20. The lowest BCUT2D eigenvalue weighted by molar-refractivity contribution is 0.317. The van der Waals surface area contributed by atoms with Crippen LogP contribution >= 0.6 is 0 Å². The van der Waals surface area contributed by atoms with Gasteiger partial charge in [-0.25, -0.2) is 4.98 Å². The molecule has 1 atom stereocenters. The number of likely N-dealkylation sites (tertiary alicyclic amines) is 1. The number of nitrogens with one attached hydrogen (secondary N) is 1. The molecule has 8 nitrogen and oxygen atoms in total. The maximum Gasteiger partial charge on any atom is 0.227 e. The number of piperidine rings is 1. The molecule has 0 aromatic carbocycles. The molecule has 1 N–H and O–H groups in total. The Kier molecular flexibility index (Phi) is 5.24. The molecule has 8 heteroatoms. The van der Waals surface area contributed by atoms with Crippen molar-refractivity contribution in [2.24, 2.45) is 7.05 Å². The first-order valence-electron chi connectivity index (χ1n) is 10.0. The summed E-state index contributed by atoms with van der Waals surface area (Å²) in [7, 11) is 4.01. The van der Waals surface area contributed by atoms with Crippen LogP contribution in [0.5, 0.6) is 0 Å². The molecule has 0 bridgehead atoms. The Hall–Kier alpha value is -2.22.